The second-order valence-electron chi connectivity index (χ2n) is 21.9. The summed E-state index contributed by atoms with van der Waals surface area (Å²) in [4.78, 5) is 5.14. The summed E-state index contributed by atoms with van der Waals surface area (Å²) in [5.74, 6) is 0. The van der Waals surface area contributed by atoms with Crippen LogP contribution in [0.1, 0.15) is 79.0 Å². The van der Waals surface area contributed by atoms with Crippen LogP contribution in [0.3, 0.4) is 0 Å². The third-order valence-electron chi connectivity index (χ3n) is 14.8. The quantitative estimate of drug-likeness (QED) is 0.130. The van der Waals surface area contributed by atoms with E-state index in [9.17, 15) is 0 Å². The van der Waals surface area contributed by atoms with Gasteiger partial charge in [0.2, 0.25) is 0 Å². The monoisotopic (exact) mass is 957 g/mol. The van der Waals surface area contributed by atoms with E-state index >= 15 is 0 Å². The third-order valence-corrected chi connectivity index (χ3v) is 24.5. The SMILES string of the molecule is CC(C)(C)c1cc2c3c(c1)-c1cc4c(cc1[I-]3(C)c1cc(N(c3ccccc3)c3ccc5oc6ccccc6c5c3)ccc1-2)c1cc(C(C)(C)C)cc2c3cc(C(C)(C)C)ccc3n4c21. The molecule has 1 unspecified atom stereocenters. The van der Waals surface area contributed by atoms with Crippen LogP contribution in [0.15, 0.2) is 150 Å². The van der Waals surface area contributed by atoms with Gasteiger partial charge in [0.1, 0.15) is 0 Å². The van der Waals surface area contributed by atoms with Gasteiger partial charge in [0.15, 0.2) is 0 Å². The van der Waals surface area contributed by atoms with Crippen molar-refractivity contribution in [1.82, 2.24) is 4.40 Å². The Morgan fingerprint density at radius 3 is 1.72 bits per heavy atom. The van der Waals surface area contributed by atoms with Gasteiger partial charge in [-0.25, -0.2) is 0 Å². The summed E-state index contributed by atoms with van der Waals surface area (Å²) in [6.07, 6.45) is 0. The molecule has 0 N–H and O–H groups in total. The minimum absolute atomic E-state index is 0.00128. The molecule has 0 saturated carbocycles. The predicted octanol–water partition coefficient (Wildman–Crippen LogP) is 13.8. The zero-order valence-corrected chi connectivity index (χ0v) is 41.2. The van der Waals surface area contributed by atoms with Crippen LogP contribution in [-0.2, 0) is 16.2 Å². The van der Waals surface area contributed by atoms with Gasteiger partial charge < -0.3 is 0 Å². The number of rotatable bonds is 3. The van der Waals surface area contributed by atoms with E-state index in [1.807, 2.05) is 6.07 Å². The molecule has 0 bridgehead atoms. The molecule has 13 rings (SSSR count). The molecule has 2 aliphatic rings. The van der Waals surface area contributed by atoms with E-state index < -0.39 is 18.4 Å². The number of para-hydroxylation sites is 2. The Labute approximate surface area is 385 Å². The van der Waals surface area contributed by atoms with Crippen LogP contribution < -0.4 is 23.3 Å². The van der Waals surface area contributed by atoms with E-state index in [2.05, 4.69) is 216 Å². The van der Waals surface area contributed by atoms with Crippen LogP contribution in [0.4, 0.5) is 17.1 Å². The second-order valence-corrected chi connectivity index (χ2v) is 30.2. The molecular weight excluding hydrogens is 904 g/mol. The molecule has 0 radical (unpaired) electrons. The Morgan fingerprint density at radius 2 is 1.00 bits per heavy atom. The Balaban J connectivity index is 1.09. The van der Waals surface area contributed by atoms with Crippen molar-refractivity contribution in [3.8, 4) is 22.3 Å². The van der Waals surface area contributed by atoms with Crippen molar-refractivity contribution in [3.63, 3.8) is 0 Å². The molecule has 0 spiro atoms. The van der Waals surface area contributed by atoms with Crippen LogP contribution in [0.25, 0.3) is 82.3 Å². The molecule has 8 aromatic carbocycles. The fourth-order valence-electron chi connectivity index (χ4n) is 11.2. The molecule has 0 saturated heterocycles. The van der Waals surface area contributed by atoms with Gasteiger partial charge >= 0.3 is 388 Å². The fraction of sp³-hybridized carbons (Fsp3) is 0.213. The predicted molar refractivity (Wildman–Crippen MR) is 272 cm³/mol. The molecule has 11 aromatic rings. The van der Waals surface area contributed by atoms with Crippen molar-refractivity contribution in [2.24, 2.45) is 0 Å². The number of furan rings is 1. The first kappa shape index (κ1) is 39.3. The van der Waals surface area contributed by atoms with Crippen LogP contribution in [0, 0.1) is 10.7 Å². The van der Waals surface area contributed by atoms with Gasteiger partial charge in [-0.15, -0.1) is 0 Å². The molecule has 322 valence electrons. The number of halogens is 1. The van der Waals surface area contributed by atoms with E-state index in [4.69, 9.17) is 4.42 Å². The van der Waals surface area contributed by atoms with E-state index in [0.29, 0.717) is 0 Å². The summed E-state index contributed by atoms with van der Waals surface area (Å²) >= 11 is -3.20. The topological polar surface area (TPSA) is 20.8 Å². The average Bonchev–Trinajstić information content (AvgIpc) is 4.04. The molecule has 65 heavy (non-hydrogen) atoms. The Morgan fingerprint density at radius 1 is 0.415 bits per heavy atom. The van der Waals surface area contributed by atoms with Crippen molar-refractivity contribution < 1.29 is 22.9 Å². The molecule has 3 aromatic heterocycles. The first-order valence-electron chi connectivity index (χ1n) is 23.1. The number of hydrogen-bond acceptors (Lipinski definition) is 2. The number of nitrogens with zero attached hydrogens (tertiary/aromatic N) is 2. The summed E-state index contributed by atoms with van der Waals surface area (Å²) in [5, 5.41) is 7.75. The van der Waals surface area contributed by atoms with Crippen LogP contribution in [0.2, 0.25) is 0 Å². The van der Waals surface area contributed by atoms with E-state index in [-0.39, 0.29) is 16.2 Å². The molecule has 1 atom stereocenters. The summed E-state index contributed by atoms with van der Waals surface area (Å²) in [7, 11) is 0. The van der Waals surface area contributed by atoms with Crippen molar-refractivity contribution in [1.29, 1.82) is 0 Å². The van der Waals surface area contributed by atoms with Gasteiger partial charge in [0.05, 0.1) is 0 Å². The number of anilines is 3. The first-order valence-corrected chi connectivity index (χ1v) is 28.5. The first-order chi connectivity index (χ1) is 31.0. The van der Waals surface area contributed by atoms with Gasteiger partial charge in [-0.05, 0) is 0 Å². The molecule has 5 heterocycles. The van der Waals surface area contributed by atoms with Crippen LogP contribution in [0.5, 0.6) is 0 Å². The van der Waals surface area contributed by atoms with Crippen LogP contribution >= 0.6 is 0 Å². The van der Waals surface area contributed by atoms with Crippen molar-refractivity contribution in [2.75, 3.05) is 9.83 Å². The average molecular weight is 958 g/mol. The van der Waals surface area contributed by atoms with Gasteiger partial charge in [0.25, 0.3) is 0 Å². The number of aromatic nitrogens is 1. The summed E-state index contributed by atoms with van der Waals surface area (Å²) < 4.78 is 13.7. The zero-order chi connectivity index (χ0) is 44.7. The Hall–Kier alpha value is -6.11. The summed E-state index contributed by atoms with van der Waals surface area (Å²) in [5.41, 5.74) is 19.2. The number of fused-ring (bicyclic) bond motifs is 15. The van der Waals surface area contributed by atoms with Gasteiger partial charge in [-0.1, -0.05) is 0 Å². The Bertz CT molecular complexity index is 3850. The molecule has 0 fully saturated rings. The van der Waals surface area contributed by atoms with Gasteiger partial charge in [-0.2, -0.15) is 0 Å². The molecule has 0 aliphatic carbocycles. The van der Waals surface area contributed by atoms with E-state index in [0.717, 1.165) is 33.3 Å². The Kier molecular flexibility index (Phi) is 7.75. The summed E-state index contributed by atoms with van der Waals surface area (Å²) in [6, 6.07) is 56.0. The molecular formula is C61H54IN2O-. The van der Waals surface area contributed by atoms with Gasteiger partial charge in [0, 0.05) is 0 Å². The van der Waals surface area contributed by atoms with Crippen molar-refractivity contribution in [3.05, 3.63) is 173 Å². The van der Waals surface area contributed by atoms with Crippen LogP contribution in [-0.4, -0.2) is 9.33 Å². The van der Waals surface area contributed by atoms with Crippen molar-refractivity contribution >= 4 is 77.1 Å². The molecule has 0 amide bonds. The number of hydrogen-bond donors (Lipinski definition) is 0. The van der Waals surface area contributed by atoms with Gasteiger partial charge in [-0.3, -0.25) is 0 Å². The van der Waals surface area contributed by atoms with Crippen molar-refractivity contribution in [2.45, 2.75) is 78.6 Å². The maximum atomic E-state index is 6.32. The van der Waals surface area contributed by atoms with E-state index in [1.54, 1.807) is 7.14 Å². The number of benzene rings is 8. The molecule has 2 aliphatic heterocycles. The fourth-order valence-corrected chi connectivity index (χ4v) is 21.3. The number of alkyl halides is 1. The minimum atomic E-state index is -3.20. The maximum absolute atomic E-state index is 6.32. The van der Waals surface area contributed by atoms with E-state index in [1.165, 1.54) is 86.3 Å². The zero-order valence-electron chi connectivity index (χ0n) is 39.0. The standard InChI is InChI=1S/C61H54IN2O/c1-59(2,3)35-20-24-53-44(26-35)49-29-37(61(7,8)9)30-50-45-33-52-43(34-54(45)64(53)58(49)50)48-28-36(60(4,5)6)27-47-41-23-21-40(32-51(41)62(52,10)57(47)48)63(38-16-12-11-13-17-38)39-22-25-56-46(31-39)42-18-14-15-19-55(42)65-56/h11-34H,1-10H3/q-1. The summed E-state index contributed by atoms with van der Waals surface area (Å²) in [6.45, 7) is 21.2. The third kappa shape index (κ3) is 5.35. The molecule has 3 nitrogen and oxygen atoms in total. The molecule has 4 heteroatoms. The normalized spacial score (nSPS) is 16.9. The second kappa shape index (κ2) is 12.8.